The van der Waals surface area contributed by atoms with Gasteiger partial charge in [-0.25, -0.2) is 0 Å². The van der Waals surface area contributed by atoms with E-state index in [-0.39, 0.29) is 0 Å². The van der Waals surface area contributed by atoms with Crippen LogP contribution >= 0.6 is 22.6 Å². The first-order valence-electron chi connectivity index (χ1n) is 4.51. The van der Waals surface area contributed by atoms with E-state index in [0.717, 1.165) is 9.84 Å². The Bertz CT molecular complexity index is 278. The summed E-state index contributed by atoms with van der Waals surface area (Å²) < 4.78 is 0.770. The summed E-state index contributed by atoms with van der Waals surface area (Å²) in [5, 5.41) is 0. The van der Waals surface area contributed by atoms with Crippen LogP contribution in [0.2, 0.25) is 0 Å². The fourth-order valence-electron chi connectivity index (χ4n) is 2.07. The van der Waals surface area contributed by atoms with Crippen molar-refractivity contribution < 1.29 is 0 Å². The largest absolute Gasteiger partial charge is 0.0823 e. The molecule has 0 aromatic heterocycles. The van der Waals surface area contributed by atoms with Crippen molar-refractivity contribution in [3.63, 3.8) is 0 Å². The minimum Gasteiger partial charge on any atom is -0.0823 e. The van der Waals surface area contributed by atoms with E-state index in [2.05, 4.69) is 53.8 Å². The molecule has 0 saturated carbocycles. The van der Waals surface area contributed by atoms with Gasteiger partial charge in [-0.2, -0.15) is 0 Å². The van der Waals surface area contributed by atoms with E-state index in [0.29, 0.717) is 0 Å². The van der Waals surface area contributed by atoms with Crippen LogP contribution in [0.3, 0.4) is 0 Å². The quantitative estimate of drug-likeness (QED) is 0.542. The van der Waals surface area contributed by atoms with Crippen molar-refractivity contribution in [1.29, 1.82) is 0 Å². The summed E-state index contributed by atoms with van der Waals surface area (Å²) in [6.07, 6.45) is 2.64. The Morgan fingerprint density at radius 3 is 2.92 bits per heavy atom. The van der Waals surface area contributed by atoms with Gasteiger partial charge >= 0.3 is 0 Å². The van der Waals surface area contributed by atoms with E-state index in [9.17, 15) is 0 Å². The molecule has 0 fully saturated rings. The summed E-state index contributed by atoms with van der Waals surface area (Å²) in [7, 11) is 0. The van der Waals surface area contributed by atoms with Crippen LogP contribution in [-0.4, -0.2) is 3.92 Å². The molecule has 0 radical (unpaired) electrons. The molecular formula is C11H13I. The number of hydrogen-bond acceptors (Lipinski definition) is 0. The van der Waals surface area contributed by atoms with Crippen molar-refractivity contribution in [3.8, 4) is 0 Å². The van der Waals surface area contributed by atoms with E-state index in [1.165, 1.54) is 12.8 Å². The molecule has 0 nitrogen and oxygen atoms in total. The van der Waals surface area contributed by atoms with Gasteiger partial charge in [-0.1, -0.05) is 53.8 Å². The monoisotopic (exact) mass is 272 g/mol. The third kappa shape index (κ3) is 1.39. The lowest BCUT2D eigenvalue weighted by atomic mass is 9.99. The van der Waals surface area contributed by atoms with Crippen molar-refractivity contribution in [2.45, 2.75) is 29.6 Å². The Morgan fingerprint density at radius 1 is 1.42 bits per heavy atom. The van der Waals surface area contributed by atoms with Crippen LogP contribution in [0.1, 0.15) is 30.4 Å². The Hall–Kier alpha value is -0.0500. The lowest BCUT2D eigenvalue weighted by molar-refractivity contribution is 0.686. The smallest absolute Gasteiger partial charge is 0.0150 e. The Labute approximate surface area is 87.5 Å². The molecule has 1 aromatic rings. The van der Waals surface area contributed by atoms with E-state index < -0.39 is 0 Å². The van der Waals surface area contributed by atoms with Gasteiger partial charge in [0.05, 0.1) is 0 Å². The van der Waals surface area contributed by atoms with E-state index >= 15 is 0 Å². The molecule has 0 bridgehead atoms. The van der Waals surface area contributed by atoms with Crippen LogP contribution in [0.15, 0.2) is 24.3 Å². The standard InChI is InChI=1S/C11H13I/c1-8(12)10-7-6-9-4-2-3-5-11(9)10/h2-5,8,10H,6-7H2,1H3. The van der Waals surface area contributed by atoms with Gasteiger partial charge in [-0.15, -0.1) is 0 Å². The second kappa shape index (κ2) is 3.36. The zero-order valence-electron chi connectivity index (χ0n) is 7.26. The van der Waals surface area contributed by atoms with Crippen LogP contribution in [0.4, 0.5) is 0 Å². The van der Waals surface area contributed by atoms with Gasteiger partial charge in [0, 0.05) is 3.92 Å². The topological polar surface area (TPSA) is 0 Å². The maximum atomic E-state index is 2.54. The SMILES string of the molecule is CC(I)C1CCc2ccccc21. The molecule has 0 spiro atoms. The highest BCUT2D eigenvalue weighted by molar-refractivity contribution is 14.1. The molecule has 0 saturated heterocycles. The summed E-state index contributed by atoms with van der Waals surface area (Å²) >= 11 is 2.54. The second-order valence-electron chi connectivity index (χ2n) is 3.52. The van der Waals surface area contributed by atoms with Gasteiger partial charge < -0.3 is 0 Å². The molecule has 0 aliphatic heterocycles. The number of benzene rings is 1. The van der Waals surface area contributed by atoms with Crippen LogP contribution in [0.5, 0.6) is 0 Å². The molecule has 2 unspecified atom stereocenters. The van der Waals surface area contributed by atoms with Gasteiger partial charge in [0.2, 0.25) is 0 Å². The first-order valence-corrected chi connectivity index (χ1v) is 5.75. The first-order chi connectivity index (χ1) is 5.79. The molecule has 1 aliphatic carbocycles. The maximum Gasteiger partial charge on any atom is 0.0150 e. The molecule has 2 atom stereocenters. The highest BCUT2D eigenvalue weighted by Crippen LogP contribution is 2.37. The summed E-state index contributed by atoms with van der Waals surface area (Å²) in [5.41, 5.74) is 3.17. The fraction of sp³-hybridized carbons (Fsp3) is 0.455. The molecule has 12 heavy (non-hydrogen) atoms. The van der Waals surface area contributed by atoms with Crippen LogP contribution in [0, 0.1) is 0 Å². The van der Waals surface area contributed by atoms with Crippen molar-refractivity contribution >= 4 is 22.6 Å². The van der Waals surface area contributed by atoms with E-state index in [1.807, 2.05) is 0 Å². The van der Waals surface area contributed by atoms with Crippen molar-refractivity contribution in [3.05, 3.63) is 35.4 Å². The summed E-state index contributed by atoms with van der Waals surface area (Å²) in [6, 6.07) is 8.88. The van der Waals surface area contributed by atoms with Crippen molar-refractivity contribution in [1.82, 2.24) is 0 Å². The van der Waals surface area contributed by atoms with Gasteiger partial charge in [-0.3, -0.25) is 0 Å². The van der Waals surface area contributed by atoms with Crippen LogP contribution in [0.25, 0.3) is 0 Å². The third-order valence-electron chi connectivity index (χ3n) is 2.73. The van der Waals surface area contributed by atoms with Gasteiger partial charge in [0.15, 0.2) is 0 Å². The fourth-order valence-corrected chi connectivity index (χ4v) is 2.81. The summed E-state index contributed by atoms with van der Waals surface area (Å²) in [5.74, 6) is 0.807. The molecule has 1 aliphatic rings. The molecule has 1 aromatic carbocycles. The van der Waals surface area contributed by atoms with Crippen LogP contribution < -0.4 is 0 Å². The minimum absolute atomic E-state index is 0.770. The lowest BCUT2D eigenvalue weighted by Gasteiger charge is -2.13. The molecule has 0 N–H and O–H groups in total. The number of halogens is 1. The molecule has 0 amide bonds. The third-order valence-corrected chi connectivity index (χ3v) is 3.60. The molecule has 64 valence electrons. The minimum atomic E-state index is 0.770. The number of alkyl halides is 1. The summed E-state index contributed by atoms with van der Waals surface area (Å²) in [4.78, 5) is 0. The van der Waals surface area contributed by atoms with Crippen molar-refractivity contribution in [2.24, 2.45) is 0 Å². The van der Waals surface area contributed by atoms with Gasteiger partial charge in [0.25, 0.3) is 0 Å². The second-order valence-corrected chi connectivity index (χ2v) is 5.49. The Kier molecular flexibility index (Phi) is 2.40. The average molecular weight is 272 g/mol. The molecular weight excluding hydrogens is 259 g/mol. The predicted octanol–water partition coefficient (Wildman–Crippen LogP) is 3.54. The molecule has 2 rings (SSSR count). The zero-order chi connectivity index (χ0) is 8.55. The maximum absolute atomic E-state index is 2.54. The Morgan fingerprint density at radius 2 is 2.17 bits per heavy atom. The number of rotatable bonds is 1. The first kappa shape index (κ1) is 8.54. The van der Waals surface area contributed by atoms with Gasteiger partial charge in [-0.05, 0) is 29.9 Å². The van der Waals surface area contributed by atoms with Crippen LogP contribution in [-0.2, 0) is 6.42 Å². The average Bonchev–Trinajstić information content (AvgIpc) is 2.47. The predicted molar refractivity (Wildman–Crippen MR) is 61.0 cm³/mol. The number of hydrogen-bond donors (Lipinski definition) is 0. The van der Waals surface area contributed by atoms with Gasteiger partial charge in [0.1, 0.15) is 0 Å². The Balaban J connectivity index is 2.36. The number of fused-ring (bicyclic) bond motifs is 1. The lowest BCUT2D eigenvalue weighted by Crippen LogP contribution is -2.04. The van der Waals surface area contributed by atoms with E-state index in [4.69, 9.17) is 0 Å². The zero-order valence-corrected chi connectivity index (χ0v) is 9.41. The summed E-state index contributed by atoms with van der Waals surface area (Å²) in [6.45, 7) is 2.31. The highest BCUT2D eigenvalue weighted by atomic mass is 127. The highest BCUT2D eigenvalue weighted by Gasteiger charge is 2.24. The molecule has 1 heteroatoms. The normalized spacial score (nSPS) is 23.7. The van der Waals surface area contributed by atoms with E-state index in [1.54, 1.807) is 11.1 Å². The molecule has 0 heterocycles. The van der Waals surface area contributed by atoms with Crippen molar-refractivity contribution in [2.75, 3.05) is 0 Å². The number of aryl methyl sites for hydroxylation is 1.